The fourth-order valence-electron chi connectivity index (χ4n) is 0.758. The molecule has 0 unspecified atom stereocenters. The summed E-state index contributed by atoms with van der Waals surface area (Å²) in [4.78, 5) is 0. The first-order valence-corrected chi connectivity index (χ1v) is 10.2. The summed E-state index contributed by atoms with van der Waals surface area (Å²) < 4.78 is 0. The smallest absolute Gasteiger partial charge is 0.0460 e. The Morgan fingerprint density at radius 3 is 2.33 bits per heavy atom. The third kappa shape index (κ3) is 8.35. The van der Waals surface area contributed by atoms with E-state index < -0.39 is 7.12 Å². The third-order valence-electron chi connectivity index (χ3n) is 1.44. The van der Waals surface area contributed by atoms with Crippen molar-refractivity contribution >= 4 is 53.9 Å². The highest BCUT2D eigenvalue weighted by Crippen LogP contribution is 2.68. The summed E-state index contributed by atoms with van der Waals surface area (Å²) in [6.07, 6.45) is 5.29. The van der Waals surface area contributed by atoms with E-state index in [-0.39, 0.29) is 0 Å². The van der Waals surface area contributed by atoms with Crippen molar-refractivity contribution in [2.75, 3.05) is 10.8 Å². The first kappa shape index (κ1) is 13.8. The van der Waals surface area contributed by atoms with Crippen molar-refractivity contribution in [2.45, 2.75) is 32.6 Å². The van der Waals surface area contributed by atoms with Gasteiger partial charge in [0.2, 0.25) is 0 Å². The van der Waals surface area contributed by atoms with Gasteiger partial charge in [-0.3, -0.25) is 0 Å². The first-order valence-electron chi connectivity index (χ1n) is 4.13. The van der Waals surface area contributed by atoms with Crippen LogP contribution >= 0.6 is 53.9 Å². The van der Waals surface area contributed by atoms with Gasteiger partial charge in [-0.2, -0.15) is 12.6 Å². The van der Waals surface area contributed by atoms with Crippen LogP contribution in [0.3, 0.4) is 0 Å². The van der Waals surface area contributed by atoms with Crippen LogP contribution in [0.5, 0.6) is 0 Å². The molecule has 5 heteroatoms. The van der Waals surface area contributed by atoms with Gasteiger partial charge in [0.1, 0.15) is 0 Å². The molecule has 0 spiro atoms. The molecule has 0 fully saturated rings. The zero-order chi connectivity index (χ0) is 9.45. The Hall–Kier alpha value is 1.75. The summed E-state index contributed by atoms with van der Waals surface area (Å²) in [7, 11) is 0.828. The number of thiol groups is 3. The SMILES string of the molecule is CCCCCCSS(S)(S)CS. The summed E-state index contributed by atoms with van der Waals surface area (Å²) in [6.45, 7) is 2.23. The van der Waals surface area contributed by atoms with Gasteiger partial charge in [0, 0.05) is 10.8 Å². The number of rotatable bonds is 7. The van der Waals surface area contributed by atoms with Gasteiger partial charge in [0.15, 0.2) is 0 Å². The zero-order valence-corrected chi connectivity index (χ0v) is 11.7. The number of unbranched alkanes of at least 4 members (excludes halogenated alkanes) is 3. The van der Waals surface area contributed by atoms with E-state index in [0.29, 0.717) is 0 Å². The molecular weight excluding hydrogens is 244 g/mol. The third-order valence-corrected chi connectivity index (χ3v) is 10.2. The van der Waals surface area contributed by atoms with Crippen LogP contribution in [-0.2, 0) is 0 Å². The molecule has 0 aromatic heterocycles. The molecule has 0 aliphatic heterocycles. The van der Waals surface area contributed by atoms with E-state index in [4.69, 9.17) is 0 Å². The molecule has 12 heavy (non-hydrogen) atoms. The van der Waals surface area contributed by atoms with E-state index >= 15 is 0 Å². The van der Waals surface area contributed by atoms with Crippen molar-refractivity contribution in [3.8, 4) is 0 Å². The van der Waals surface area contributed by atoms with Gasteiger partial charge >= 0.3 is 0 Å². The van der Waals surface area contributed by atoms with Crippen molar-refractivity contribution in [1.82, 2.24) is 0 Å². The van der Waals surface area contributed by atoms with Crippen LogP contribution in [0.1, 0.15) is 32.6 Å². The highest BCUT2D eigenvalue weighted by Gasteiger charge is 2.11. The van der Waals surface area contributed by atoms with Crippen LogP contribution in [0, 0.1) is 0 Å². The van der Waals surface area contributed by atoms with Gasteiger partial charge in [-0.1, -0.05) is 44.1 Å². The Balaban J connectivity index is 3.19. The lowest BCUT2D eigenvalue weighted by Crippen LogP contribution is -1.83. The molecule has 0 rings (SSSR count). The molecule has 0 saturated carbocycles. The van der Waals surface area contributed by atoms with Crippen molar-refractivity contribution in [2.24, 2.45) is 0 Å². The molecule has 0 aliphatic carbocycles. The number of hydrogen-bond donors (Lipinski definition) is 3. The highest BCUT2D eigenvalue weighted by molar-refractivity contribution is 9.43. The van der Waals surface area contributed by atoms with Crippen molar-refractivity contribution in [3.05, 3.63) is 0 Å². The molecule has 76 valence electrons. The molecule has 0 N–H and O–H groups in total. The Morgan fingerprint density at radius 1 is 1.17 bits per heavy atom. The zero-order valence-electron chi connectivity index (χ0n) is 7.40. The molecular formula is C7H18S5. The summed E-state index contributed by atoms with van der Waals surface area (Å²) in [5, 5.41) is 0.789. The summed E-state index contributed by atoms with van der Waals surface area (Å²) in [5.74, 6) is 1.18. The van der Waals surface area contributed by atoms with Crippen LogP contribution < -0.4 is 0 Å². The second-order valence-corrected chi connectivity index (χ2v) is 14.0. The normalized spacial score (nSPS) is 13.3. The fourth-order valence-corrected chi connectivity index (χ4v) is 4.81. The average Bonchev–Trinajstić information content (AvgIpc) is 2.04. The van der Waals surface area contributed by atoms with E-state index in [0.717, 1.165) is 5.08 Å². The Bertz CT molecular complexity index is 104. The molecule has 0 bridgehead atoms. The maximum Gasteiger partial charge on any atom is 0.0460 e. The second-order valence-electron chi connectivity index (χ2n) is 2.62. The van der Waals surface area contributed by atoms with Gasteiger partial charge in [0.25, 0.3) is 0 Å². The molecule has 0 aliphatic rings. The lowest BCUT2D eigenvalue weighted by atomic mass is 10.2. The van der Waals surface area contributed by atoms with E-state index in [2.05, 4.69) is 42.9 Å². The van der Waals surface area contributed by atoms with Gasteiger partial charge < -0.3 is 0 Å². The van der Waals surface area contributed by atoms with Gasteiger partial charge in [-0.05, 0) is 6.42 Å². The minimum Gasteiger partial charge on any atom is -0.168 e. The molecule has 0 atom stereocenters. The Morgan fingerprint density at radius 2 is 1.83 bits per heavy atom. The van der Waals surface area contributed by atoms with E-state index in [1.165, 1.54) is 31.4 Å². The largest absolute Gasteiger partial charge is 0.168 e. The van der Waals surface area contributed by atoms with Crippen molar-refractivity contribution < 1.29 is 0 Å². The molecule has 0 nitrogen and oxygen atoms in total. The topological polar surface area (TPSA) is 0 Å². The first-order chi connectivity index (χ1) is 5.62. The van der Waals surface area contributed by atoms with Crippen molar-refractivity contribution in [3.63, 3.8) is 0 Å². The average molecular weight is 263 g/mol. The van der Waals surface area contributed by atoms with Crippen molar-refractivity contribution in [1.29, 1.82) is 0 Å². The maximum absolute atomic E-state index is 4.45. The maximum atomic E-state index is 4.45. The minimum atomic E-state index is -1.04. The van der Waals surface area contributed by atoms with E-state index in [9.17, 15) is 0 Å². The molecule has 0 saturated heterocycles. The monoisotopic (exact) mass is 262 g/mol. The lowest BCUT2D eigenvalue weighted by molar-refractivity contribution is 0.707. The van der Waals surface area contributed by atoms with E-state index in [1.807, 2.05) is 10.8 Å². The summed E-state index contributed by atoms with van der Waals surface area (Å²) >= 11 is 13.1. The minimum absolute atomic E-state index is 0.789. The van der Waals surface area contributed by atoms with Crippen LogP contribution in [-0.4, -0.2) is 10.8 Å². The number of hydrogen-bond acceptors (Lipinski definition) is 4. The second kappa shape index (κ2) is 8.09. The summed E-state index contributed by atoms with van der Waals surface area (Å²) in [6, 6.07) is 0. The predicted octanol–water partition coefficient (Wildman–Crippen LogP) is 4.60. The van der Waals surface area contributed by atoms with Crippen LogP contribution in [0.2, 0.25) is 0 Å². The molecule has 0 radical (unpaired) electrons. The molecule has 0 aromatic carbocycles. The highest BCUT2D eigenvalue weighted by atomic mass is 33.8. The molecule has 0 heterocycles. The molecule has 0 aromatic rings. The van der Waals surface area contributed by atoms with Gasteiger partial charge in [-0.25, -0.2) is 0 Å². The van der Waals surface area contributed by atoms with Gasteiger partial charge in [-0.15, -0.1) is 23.3 Å². The lowest BCUT2D eigenvalue weighted by Gasteiger charge is -2.24. The predicted molar refractivity (Wildman–Crippen MR) is 76.0 cm³/mol. The molecule has 0 amide bonds. The Kier molecular flexibility index (Phi) is 9.27. The van der Waals surface area contributed by atoms with Gasteiger partial charge in [0.05, 0.1) is 0 Å². The summed E-state index contributed by atoms with van der Waals surface area (Å²) in [5.41, 5.74) is 0. The fraction of sp³-hybridized carbons (Fsp3) is 1.00. The van der Waals surface area contributed by atoms with E-state index in [1.54, 1.807) is 0 Å². The quantitative estimate of drug-likeness (QED) is 0.342. The standard InChI is InChI=1S/C7H18S5/c1-2-3-4-5-6-11-12(9,10)7-8/h8-10H,2-7H2,1H3. The Labute approximate surface area is 96.8 Å². The van der Waals surface area contributed by atoms with Crippen LogP contribution in [0.15, 0.2) is 0 Å². The van der Waals surface area contributed by atoms with Crippen LogP contribution in [0.4, 0.5) is 0 Å². The van der Waals surface area contributed by atoms with Crippen LogP contribution in [0.25, 0.3) is 0 Å².